The average molecular weight is 247 g/mol. The molecule has 6 nitrogen and oxygen atoms in total. The molecule has 0 aliphatic rings. The van der Waals surface area contributed by atoms with Crippen molar-refractivity contribution in [3.8, 4) is 6.07 Å². The Balaban J connectivity index is 2.85. The average Bonchev–Trinajstić information content (AvgIpc) is 2.27. The van der Waals surface area contributed by atoms with Crippen LogP contribution in [0.15, 0.2) is 24.3 Å². The van der Waals surface area contributed by atoms with Gasteiger partial charge in [0.25, 0.3) is 0 Å². The van der Waals surface area contributed by atoms with Crippen LogP contribution in [0.1, 0.15) is 11.1 Å². The van der Waals surface area contributed by atoms with E-state index in [0.717, 1.165) is 0 Å². The smallest absolute Gasteiger partial charge is 0.317 e. The van der Waals surface area contributed by atoms with E-state index in [4.69, 9.17) is 16.1 Å². The van der Waals surface area contributed by atoms with Crippen molar-refractivity contribution in [1.29, 1.82) is 5.26 Å². The molecular weight excluding hydrogens is 234 g/mol. The molecule has 0 unspecified atom stereocenters. The molecule has 1 amide bonds. The molecule has 1 aromatic rings. The monoisotopic (exact) mass is 247 g/mol. The molecule has 1 aromatic carbocycles. The van der Waals surface area contributed by atoms with Gasteiger partial charge in [0, 0.05) is 6.54 Å². The molecule has 3 N–H and O–H groups in total. The van der Waals surface area contributed by atoms with Crippen LogP contribution in [0.2, 0.25) is 0 Å². The number of primary amides is 1. The minimum Gasteiger partial charge on any atom is -0.480 e. The van der Waals surface area contributed by atoms with Crippen molar-refractivity contribution in [2.45, 2.75) is 6.54 Å². The molecule has 18 heavy (non-hydrogen) atoms. The fraction of sp³-hybridized carbons (Fsp3) is 0.250. The van der Waals surface area contributed by atoms with Gasteiger partial charge in [-0.3, -0.25) is 14.5 Å². The first-order valence-corrected chi connectivity index (χ1v) is 5.23. The summed E-state index contributed by atoms with van der Waals surface area (Å²) >= 11 is 0. The number of aliphatic carboxylic acids is 1. The molecule has 0 spiro atoms. The highest BCUT2D eigenvalue weighted by molar-refractivity contribution is 5.77. The van der Waals surface area contributed by atoms with E-state index >= 15 is 0 Å². The van der Waals surface area contributed by atoms with Crippen LogP contribution in [0, 0.1) is 11.3 Å². The van der Waals surface area contributed by atoms with Crippen LogP contribution in [-0.4, -0.2) is 35.0 Å². The van der Waals surface area contributed by atoms with Crippen LogP contribution < -0.4 is 5.73 Å². The van der Waals surface area contributed by atoms with Crippen LogP contribution in [0.4, 0.5) is 0 Å². The SMILES string of the molecule is N#Cc1ccccc1CN(CC(N)=O)CC(=O)O. The Bertz CT molecular complexity index is 478. The number of amides is 1. The standard InChI is InChI=1S/C12H13N3O3/c13-5-9-3-1-2-4-10(9)6-15(7-11(14)16)8-12(17)18/h1-4H,6-8H2,(H2,14,16)(H,17,18). The molecule has 0 aromatic heterocycles. The minimum atomic E-state index is -1.05. The van der Waals surface area contributed by atoms with Gasteiger partial charge in [-0.1, -0.05) is 18.2 Å². The minimum absolute atomic E-state index is 0.161. The summed E-state index contributed by atoms with van der Waals surface area (Å²) in [6.45, 7) is -0.270. The number of hydrogen-bond acceptors (Lipinski definition) is 4. The molecule has 0 heterocycles. The summed E-state index contributed by atoms with van der Waals surface area (Å²) in [5.74, 6) is -1.66. The Kier molecular flexibility index (Phi) is 4.84. The topological polar surface area (TPSA) is 107 Å². The molecular formula is C12H13N3O3. The lowest BCUT2D eigenvalue weighted by atomic mass is 10.1. The van der Waals surface area contributed by atoms with E-state index in [-0.39, 0.29) is 19.6 Å². The van der Waals surface area contributed by atoms with E-state index in [1.807, 2.05) is 6.07 Å². The molecule has 0 fully saturated rings. The summed E-state index contributed by atoms with van der Waals surface area (Å²) in [6.07, 6.45) is 0. The molecule has 0 aliphatic carbocycles. The fourth-order valence-electron chi connectivity index (χ4n) is 1.59. The number of rotatable bonds is 6. The zero-order chi connectivity index (χ0) is 13.5. The van der Waals surface area contributed by atoms with Crippen molar-refractivity contribution in [2.75, 3.05) is 13.1 Å². The Labute approximate surface area is 104 Å². The van der Waals surface area contributed by atoms with Crippen molar-refractivity contribution in [3.05, 3.63) is 35.4 Å². The number of carbonyl (C=O) groups excluding carboxylic acids is 1. The van der Waals surface area contributed by atoms with Gasteiger partial charge >= 0.3 is 5.97 Å². The molecule has 0 radical (unpaired) electrons. The molecule has 0 bridgehead atoms. The maximum atomic E-state index is 10.9. The molecule has 0 atom stereocenters. The third kappa shape index (κ3) is 4.23. The van der Waals surface area contributed by atoms with Gasteiger partial charge in [0.2, 0.25) is 5.91 Å². The first-order valence-electron chi connectivity index (χ1n) is 5.23. The number of nitrogens with zero attached hydrogens (tertiary/aromatic N) is 2. The van der Waals surface area contributed by atoms with Crippen LogP contribution in [0.25, 0.3) is 0 Å². The van der Waals surface area contributed by atoms with Gasteiger partial charge in [0.1, 0.15) is 0 Å². The molecule has 1 rings (SSSR count). The van der Waals surface area contributed by atoms with E-state index in [1.165, 1.54) is 4.90 Å². The van der Waals surface area contributed by atoms with Crippen molar-refractivity contribution >= 4 is 11.9 Å². The zero-order valence-electron chi connectivity index (χ0n) is 9.67. The van der Waals surface area contributed by atoms with Gasteiger partial charge < -0.3 is 10.8 Å². The lowest BCUT2D eigenvalue weighted by Crippen LogP contribution is -2.37. The van der Waals surface area contributed by atoms with Crippen LogP contribution in [0.3, 0.4) is 0 Å². The van der Waals surface area contributed by atoms with Crippen LogP contribution >= 0.6 is 0 Å². The second kappa shape index (κ2) is 6.37. The summed E-state index contributed by atoms with van der Waals surface area (Å²) in [4.78, 5) is 22.9. The lowest BCUT2D eigenvalue weighted by Gasteiger charge is -2.18. The predicted octanol–water partition coefficient (Wildman–Crippen LogP) is -0.0698. The van der Waals surface area contributed by atoms with Gasteiger partial charge in [-0.25, -0.2) is 0 Å². The molecule has 94 valence electrons. The maximum Gasteiger partial charge on any atom is 0.317 e. The van der Waals surface area contributed by atoms with Crippen LogP contribution in [0.5, 0.6) is 0 Å². The normalized spacial score (nSPS) is 10.0. The zero-order valence-corrected chi connectivity index (χ0v) is 9.67. The van der Waals surface area contributed by atoms with Crippen molar-refractivity contribution < 1.29 is 14.7 Å². The first kappa shape index (κ1) is 13.7. The quantitative estimate of drug-likeness (QED) is 0.731. The van der Waals surface area contributed by atoms with Crippen molar-refractivity contribution in [1.82, 2.24) is 4.90 Å². The number of benzene rings is 1. The summed E-state index contributed by atoms with van der Waals surface area (Å²) in [5.41, 5.74) is 6.18. The highest BCUT2D eigenvalue weighted by Crippen LogP contribution is 2.10. The summed E-state index contributed by atoms with van der Waals surface area (Å²) in [7, 11) is 0. The number of carbonyl (C=O) groups is 2. The van der Waals surface area contributed by atoms with E-state index in [2.05, 4.69) is 0 Å². The first-order chi connectivity index (χ1) is 8.52. The largest absolute Gasteiger partial charge is 0.480 e. The third-order valence-corrected chi connectivity index (χ3v) is 2.27. The Morgan fingerprint density at radius 2 is 2.00 bits per heavy atom. The number of hydrogen-bond donors (Lipinski definition) is 2. The summed E-state index contributed by atoms with van der Waals surface area (Å²) in [6, 6.07) is 8.84. The maximum absolute atomic E-state index is 10.9. The van der Waals surface area contributed by atoms with Gasteiger partial charge in [-0.15, -0.1) is 0 Å². The Morgan fingerprint density at radius 1 is 1.33 bits per heavy atom. The fourth-order valence-corrected chi connectivity index (χ4v) is 1.59. The molecule has 0 aliphatic heterocycles. The van der Waals surface area contributed by atoms with Crippen molar-refractivity contribution in [3.63, 3.8) is 0 Å². The van der Waals surface area contributed by atoms with E-state index in [1.54, 1.807) is 24.3 Å². The molecule has 6 heteroatoms. The van der Waals surface area contributed by atoms with E-state index in [0.29, 0.717) is 11.1 Å². The number of carboxylic acids is 1. The second-order valence-electron chi connectivity index (χ2n) is 3.77. The van der Waals surface area contributed by atoms with Gasteiger partial charge in [-0.2, -0.15) is 5.26 Å². The van der Waals surface area contributed by atoms with E-state index < -0.39 is 11.9 Å². The predicted molar refractivity (Wildman–Crippen MR) is 63.3 cm³/mol. The Morgan fingerprint density at radius 3 is 2.56 bits per heavy atom. The lowest BCUT2D eigenvalue weighted by molar-refractivity contribution is -0.138. The van der Waals surface area contributed by atoms with Crippen molar-refractivity contribution in [2.24, 2.45) is 5.73 Å². The number of carboxylic acid groups (broad SMARTS) is 1. The highest BCUT2D eigenvalue weighted by atomic mass is 16.4. The van der Waals surface area contributed by atoms with Gasteiger partial charge in [0.15, 0.2) is 0 Å². The summed E-state index contributed by atoms with van der Waals surface area (Å²) < 4.78 is 0. The van der Waals surface area contributed by atoms with Gasteiger partial charge in [-0.05, 0) is 11.6 Å². The highest BCUT2D eigenvalue weighted by Gasteiger charge is 2.14. The van der Waals surface area contributed by atoms with E-state index in [9.17, 15) is 9.59 Å². The third-order valence-electron chi connectivity index (χ3n) is 2.27. The number of nitriles is 1. The summed E-state index contributed by atoms with van der Waals surface area (Å²) in [5, 5.41) is 17.7. The number of nitrogens with two attached hydrogens (primary N) is 1. The molecule has 0 saturated carbocycles. The molecule has 0 saturated heterocycles. The van der Waals surface area contributed by atoms with Crippen LogP contribution in [-0.2, 0) is 16.1 Å². The Hall–Kier alpha value is -2.39. The van der Waals surface area contributed by atoms with Gasteiger partial charge in [0.05, 0.1) is 24.7 Å². The second-order valence-corrected chi connectivity index (χ2v) is 3.77.